The van der Waals surface area contributed by atoms with E-state index in [4.69, 9.17) is 0 Å². The molecule has 3 nitrogen and oxygen atoms in total. The molecule has 13 aromatic carbocycles. The van der Waals surface area contributed by atoms with Crippen molar-refractivity contribution in [1.82, 2.24) is 0 Å². The molecular formula is C93H86BN3S. The molecule has 14 aromatic rings. The molecule has 0 N–H and O–H groups in total. The molecule has 482 valence electrons. The van der Waals surface area contributed by atoms with Crippen molar-refractivity contribution in [2.75, 3.05) is 14.7 Å². The van der Waals surface area contributed by atoms with Crippen molar-refractivity contribution < 1.29 is 0 Å². The van der Waals surface area contributed by atoms with Crippen molar-refractivity contribution in [3.05, 3.63) is 289 Å². The second-order valence-corrected chi connectivity index (χ2v) is 33.1. The average Bonchev–Trinajstić information content (AvgIpc) is 1.17. The third kappa shape index (κ3) is 10.7. The maximum Gasteiger partial charge on any atom is 0.264 e. The van der Waals surface area contributed by atoms with Crippen molar-refractivity contribution in [3.8, 4) is 33.4 Å². The van der Waals surface area contributed by atoms with Gasteiger partial charge < -0.3 is 14.7 Å². The first kappa shape index (κ1) is 62.8. The van der Waals surface area contributed by atoms with Gasteiger partial charge in [0.25, 0.3) is 6.71 Å². The van der Waals surface area contributed by atoms with Gasteiger partial charge in [-0.15, -0.1) is 11.3 Å². The predicted octanol–water partition coefficient (Wildman–Crippen LogP) is 25.2. The Labute approximate surface area is 584 Å². The van der Waals surface area contributed by atoms with Gasteiger partial charge >= 0.3 is 0 Å². The number of rotatable bonds is 9. The van der Waals surface area contributed by atoms with E-state index in [1.807, 2.05) is 11.3 Å². The fraction of sp³-hybridized carbons (Fsp3) is 0.204. The van der Waals surface area contributed by atoms with Crippen LogP contribution in [-0.2, 0) is 21.7 Å². The van der Waals surface area contributed by atoms with Crippen LogP contribution in [0, 0.1) is 0 Å². The quantitative estimate of drug-likeness (QED) is 0.105. The lowest BCUT2D eigenvalue weighted by Gasteiger charge is -2.45. The maximum atomic E-state index is 2.71. The Kier molecular flexibility index (Phi) is 15.0. The maximum absolute atomic E-state index is 2.71. The lowest BCUT2D eigenvalue weighted by Crippen LogP contribution is -2.60. The van der Waals surface area contributed by atoms with Crippen molar-refractivity contribution in [1.29, 1.82) is 0 Å². The summed E-state index contributed by atoms with van der Waals surface area (Å²) in [5.74, 6) is 0.368. The molecule has 3 heterocycles. The first-order valence-corrected chi connectivity index (χ1v) is 36.0. The van der Waals surface area contributed by atoms with Crippen LogP contribution in [0.2, 0.25) is 0 Å². The Morgan fingerprint density at radius 3 is 1.33 bits per heavy atom. The zero-order chi connectivity index (χ0) is 67.9. The largest absolute Gasteiger partial charge is 0.311 e. The number of anilines is 9. The molecule has 0 saturated carbocycles. The topological polar surface area (TPSA) is 9.72 Å². The van der Waals surface area contributed by atoms with Crippen LogP contribution in [0.25, 0.3) is 75.8 Å². The summed E-state index contributed by atoms with van der Waals surface area (Å²) in [6.07, 6.45) is 0. The van der Waals surface area contributed by atoms with E-state index in [0.717, 1.165) is 45.5 Å². The zero-order valence-electron chi connectivity index (χ0n) is 59.2. The number of hydrogen-bond donors (Lipinski definition) is 0. The highest BCUT2D eigenvalue weighted by Gasteiger charge is 2.47. The van der Waals surface area contributed by atoms with Crippen LogP contribution in [0.1, 0.15) is 131 Å². The highest BCUT2D eigenvalue weighted by molar-refractivity contribution is 7.33. The minimum absolute atomic E-state index is 0.0181. The predicted molar refractivity (Wildman–Crippen MR) is 428 cm³/mol. The molecule has 5 heteroatoms. The van der Waals surface area contributed by atoms with Gasteiger partial charge in [0.2, 0.25) is 0 Å². The molecule has 98 heavy (non-hydrogen) atoms. The molecule has 0 radical (unpaired) electrons. The average molecular weight is 1290 g/mol. The molecule has 2 aliphatic heterocycles. The Hall–Kier alpha value is -9.94. The third-order valence-electron chi connectivity index (χ3n) is 21.0. The molecule has 2 aliphatic rings. The monoisotopic (exact) mass is 1290 g/mol. The van der Waals surface area contributed by atoms with Crippen LogP contribution in [0.5, 0.6) is 0 Å². The lowest BCUT2D eigenvalue weighted by molar-refractivity contribution is 0.590. The van der Waals surface area contributed by atoms with E-state index < -0.39 is 0 Å². The van der Waals surface area contributed by atoms with Gasteiger partial charge in [-0.25, -0.2) is 0 Å². The standard InChI is InChI=1S/C93H86BN3S/c1-58(2)59-37-46-69(47-38-59)96-84-54-70(95(67-25-17-15-18-26-67)68-27-19-16-20-28-68)55-85-87(84)94(89-88(96)80-53-66(93(12,13)14)45-50-86(80)98-89)81-56-76(60-33-40-63(41-34-60)90(3,4)5)77(61-35-42-64(43-36-61)91(6,7)8)57-83(81)97(85)82-49-44-65(92(9,10)11)52-78(82)62-39-48-75-73-31-22-21-29-71(73)72-30-23-24-32-74(72)79(75)51-62/h15-58H,1-14H3. The zero-order valence-corrected chi connectivity index (χ0v) is 60.0. The molecule has 0 fully saturated rings. The van der Waals surface area contributed by atoms with Gasteiger partial charge in [-0.2, -0.15) is 0 Å². The summed E-state index contributed by atoms with van der Waals surface area (Å²) >= 11 is 1.98. The Balaban J connectivity index is 1.09. The second-order valence-electron chi connectivity index (χ2n) is 32.0. The van der Waals surface area contributed by atoms with Crippen LogP contribution >= 0.6 is 11.3 Å². The normalized spacial score (nSPS) is 13.2. The van der Waals surface area contributed by atoms with Gasteiger partial charge in [-0.1, -0.05) is 273 Å². The van der Waals surface area contributed by atoms with Crippen molar-refractivity contribution in [2.24, 2.45) is 0 Å². The van der Waals surface area contributed by atoms with Crippen molar-refractivity contribution in [3.63, 3.8) is 0 Å². The Morgan fingerprint density at radius 2 is 0.796 bits per heavy atom. The van der Waals surface area contributed by atoms with E-state index in [-0.39, 0.29) is 28.4 Å². The fourth-order valence-electron chi connectivity index (χ4n) is 15.5. The molecule has 0 unspecified atom stereocenters. The van der Waals surface area contributed by atoms with Crippen molar-refractivity contribution in [2.45, 2.75) is 125 Å². The molecule has 0 bridgehead atoms. The van der Waals surface area contributed by atoms with E-state index in [1.54, 1.807) is 0 Å². The fourth-order valence-corrected chi connectivity index (χ4v) is 16.8. The summed E-state index contributed by atoms with van der Waals surface area (Å²) in [5, 5.41) is 8.85. The van der Waals surface area contributed by atoms with Gasteiger partial charge in [-0.05, 0) is 211 Å². The Morgan fingerprint density at radius 1 is 0.337 bits per heavy atom. The van der Waals surface area contributed by atoms with Gasteiger partial charge in [0.1, 0.15) is 0 Å². The van der Waals surface area contributed by atoms with E-state index in [9.17, 15) is 0 Å². The van der Waals surface area contributed by atoms with E-state index in [2.05, 4.69) is 372 Å². The highest BCUT2D eigenvalue weighted by Crippen LogP contribution is 2.54. The first-order valence-electron chi connectivity index (χ1n) is 35.2. The second kappa shape index (κ2) is 23.4. The number of hydrogen-bond acceptors (Lipinski definition) is 4. The molecule has 0 atom stereocenters. The number of fused-ring (bicyclic) bond motifs is 12. The summed E-state index contributed by atoms with van der Waals surface area (Å²) in [4.78, 5) is 7.86. The van der Waals surface area contributed by atoms with Gasteiger partial charge in [0.05, 0.1) is 17.1 Å². The summed E-state index contributed by atoms with van der Waals surface area (Å²) in [6, 6.07) is 101. The van der Waals surface area contributed by atoms with E-state index in [0.29, 0.717) is 5.92 Å². The molecule has 0 amide bonds. The number of nitrogens with zero attached hydrogens (tertiary/aromatic N) is 3. The number of thiophene rings is 1. The molecule has 0 aliphatic carbocycles. The summed E-state index contributed by atoms with van der Waals surface area (Å²) in [5.41, 5.74) is 26.2. The first-order chi connectivity index (χ1) is 47.0. The molecule has 0 spiro atoms. The molecule has 16 rings (SSSR count). The van der Waals surface area contributed by atoms with Gasteiger partial charge in [-0.3, -0.25) is 0 Å². The van der Waals surface area contributed by atoms with Gasteiger partial charge in [0, 0.05) is 54.6 Å². The summed E-state index contributed by atoms with van der Waals surface area (Å²) in [7, 11) is 0. The molecule has 0 saturated heterocycles. The Bertz CT molecular complexity index is 5370. The van der Waals surface area contributed by atoms with Crippen molar-refractivity contribution >= 4 is 127 Å². The van der Waals surface area contributed by atoms with Crippen LogP contribution in [-0.4, -0.2) is 6.71 Å². The summed E-state index contributed by atoms with van der Waals surface area (Å²) < 4.78 is 2.63. The van der Waals surface area contributed by atoms with Crippen LogP contribution in [0.15, 0.2) is 261 Å². The number of benzene rings is 13. The SMILES string of the molecule is CC(C)c1ccc(N2c3cc(N(c4ccccc4)c4ccccc4)cc4c3B(c3cc(-c5ccc(C(C)(C)C)cc5)c(-c5ccc(C(C)(C)C)cc5)cc3N4c3ccc(C(C)(C)C)cc3-c3ccc4c5ccccc5c5ccccc5c4c3)c3sc4ccc(C(C)(C)C)cc4c32)cc1. The highest BCUT2D eigenvalue weighted by atomic mass is 32.1. The van der Waals surface area contributed by atoms with Crippen LogP contribution in [0.4, 0.5) is 51.2 Å². The van der Waals surface area contributed by atoms with E-state index >= 15 is 0 Å². The van der Waals surface area contributed by atoms with E-state index in [1.165, 1.54) is 125 Å². The lowest BCUT2D eigenvalue weighted by atomic mass is 9.36. The molecular weight excluding hydrogens is 1200 g/mol. The third-order valence-corrected chi connectivity index (χ3v) is 22.3. The minimum atomic E-state index is -0.179. The van der Waals surface area contributed by atoms with Gasteiger partial charge in [0.15, 0.2) is 0 Å². The smallest absolute Gasteiger partial charge is 0.264 e. The van der Waals surface area contributed by atoms with Crippen LogP contribution < -0.4 is 30.4 Å². The minimum Gasteiger partial charge on any atom is -0.311 e. The summed E-state index contributed by atoms with van der Waals surface area (Å²) in [6.45, 7) is 32.5. The van der Waals surface area contributed by atoms with Crippen LogP contribution in [0.3, 0.4) is 0 Å². The number of para-hydroxylation sites is 2. The molecule has 1 aromatic heterocycles.